The van der Waals surface area contributed by atoms with E-state index in [1.54, 1.807) is 7.11 Å². The Bertz CT molecular complexity index is 822. The molecule has 0 saturated heterocycles. The number of rotatable bonds is 4. The number of methoxy groups -OCH3 is 1. The zero-order chi connectivity index (χ0) is 16.4. The molecule has 0 bridgehead atoms. The summed E-state index contributed by atoms with van der Waals surface area (Å²) in [5.41, 5.74) is 4.83. The molecule has 0 atom stereocenters. The second-order valence-electron chi connectivity index (χ2n) is 6.04. The normalized spacial score (nSPS) is 13.5. The lowest BCUT2D eigenvalue weighted by atomic mass is 10.1. The maximum absolute atomic E-state index is 5.24. The first-order valence-corrected chi connectivity index (χ1v) is 8.32. The fourth-order valence-corrected chi connectivity index (χ4v) is 3.27. The molecule has 0 unspecified atom stereocenters. The lowest BCUT2D eigenvalue weighted by Crippen LogP contribution is -2.29. The van der Waals surface area contributed by atoms with E-state index in [1.807, 2.05) is 18.2 Å². The Balaban J connectivity index is 1.71. The summed E-state index contributed by atoms with van der Waals surface area (Å²) in [6.07, 6.45) is 0.837. The Morgan fingerprint density at radius 3 is 2.62 bits per heavy atom. The van der Waals surface area contributed by atoms with E-state index in [2.05, 4.69) is 46.3 Å². The molecule has 1 aromatic heterocycles. The van der Waals surface area contributed by atoms with Gasteiger partial charge < -0.3 is 14.6 Å². The van der Waals surface area contributed by atoms with Crippen LogP contribution in [0.2, 0.25) is 0 Å². The molecule has 0 aliphatic carbocycles. The minimum Gasteiger partial charge on any atom is -0.497 e. The van der Waals surface area contributed by atoms with Gasteiger partial charge in [-0.15, -0.1) is 0 Å². The molecule has 1 aliphatic rings. The van der Waals surface area contributed by atoms with Crippen molar-refractivity contribution >= 4 is 0 Å². The summed E-state index contributed by atoms with van der Waals surface area (Å²) in [5.74, 6) is 2.02. The van der Waals surface area contributed by atoms with Gasteiger partial charge in [0.1, 0.15) is 11.6 Å². The van der Waals surface area contributed by atoms with Crippen molar-refractivity contribution in [2.45, 2.75) is 19.5 Å². The van der Waals surface area contributed by atoms with E-state index in [0.717, 1.165) is 43.3 Å². The number of imidazole rings is 1. The van der Waals surface area contributed by atoms with Gasteiger partial charge in [-0.2, -0.15) is 0 Å². The van der Waals surface area contributed by atoms with Gasteiger partial charge in [0, 0.05) is 31.6 Å². The summed E-state index contributed by atoms with van der Waals surface area (Å²) in [7, 11) is 1.69. The summed E-state index contributed by atoms with van der Waals surface area (Å²) in [6.45, 7) is 2.84. The molecule has 0 amide bonds. The standard InChI is InChI=1S/C20H21N3O/c1-24-17-9-7-15(8-10-17)13-19-22-20(16-5-3-2-4-6-16)18-14-21-11-12-23(18)19/h2-10,21H,11-14H2,1H3. The summed E-state index contributed by atoms with van der Waals surface area (Å²) in [4.78, 5) is 4.99. The number of hydrogen-bond acceptors (Lipinski definition) is 3. The Labute approximate surface area is 142 Å². The topological polar surface area (TPSA) is 39.1 Å². The predicted octanol–water partition coefficient (Wildman–Crippen LogP) is 3.25. The van der Waals surface area contributed by atoms with Crippen molar-refractivity contribution in [3.63, 3.8) is 0 Å². The maximum atomic E-state index is 5.24. The van der Waals surface area contributed by atoms with Gasteiger partial charge in [0.15, 0.2) is 0 Å². The number of fused-ring (bicyclic) bond motifs is 1. The Morgan fingerprint density at radius 1 is 1.08 bits per heavy atom. The summed E-state index contributed by atoms with van der Waals surface area (Å²) >= 11 is 0. The van der Waals surface area contributed by atoms with Crippen LogP contribution in [0.5, 0.6) is 5.75 Å². The van der Waals surface area contributed by atoms with E-state index in [4.69, 9.17) is 9.72 Å². The Morgan fingerprint density at radius 2 is 1.88 bits per heavy atom. The Hall–Kier alpha value is -2.59. The number of ether oxygens (including phenoxy) is 1. The monoisotopic (exact) mass is 319 g/mol. The molecule has 0 fully saturated rings. The molecule has 122 valence electrons. The van der Waals surface area contributed by atoms with Crippen LogP contribution in [0.25, 0.3) is 11.3 Å². The van der Waals surface area contributed by atoms with Crippen LogP contribution in [-0.4, -0.2) is 23.2 Å². The van der Waals surface area contributed by atoms with E-state index in [1.165, 1.54) is 16.8 Å². The molecule has 4 rings (SSSR count). The predicted molar refractivity (Wildman–Crippen MR) is 95.2 cm³/mol. The van der Waals surface area contributed by atoms with Crippen LogP contribution < -0.4 is 10.1 Å². The van der Waals surface area contributed by atoms with E-state index in [-0.39, 0.29) is 0 Å². The van der Waals surface area contributed by atoms with E-state index < -0.39 is 0 Å². The quantitative estimate of drug-likeness (QED) is 0.802. The van der Waals surface area contributed by atoms with Crippen LogP contribution in [0.4, 0.5) is 0 Å². The molecule has 3 aromatic rings. The largest absolute Gasteiger partial charge is 0.497 e. The molecule has 4 heteroatoms. The smallest absolute Gasteiger partial charge is 0.118 e. The van der Waals surface area contributed by atoms with Gasteiger partial charge >= 0.3 is 0 Å². The van der Waals surface area contributed by atoms with E-state index >= 15 is 0 Å². The third kappa shape index (κ3) is 2.81. The maximum Gasteiger partial charge on any atom is 0.118 e. The SMILES string of the molecule is COc1ccc(Cc2nc(-c3ccccc3)c3n2CCNC3)cc1. The van der Waals surface area contributed by atoms with Gasteiger partial charge in [-0.05, 0) is 17.7 Å². The van der Waals surface area contributed by atoms with Gasteiger partial charge in [-0.3, -0.25) is 0 Å². The van der Waals surface area contributed by atoms with Crippen LogP contribution in [-0.2, 0) is 19.5 Å². The second kappa shape index (κ2) is 6.49. The first-order valence-electron chi connectivity index (χ1n) is 8.32. The van der Waals surface area contributed by atoms with Crippen molar-refractivity contribution in [3.05, 3.63) is 71.7 Å². The average molecular weight is 319 g/mol. The number of nitrogens with zero attached hydrogens (tertiary/aromatic N) is 2. The second-order valence-corrected chi connectivity index (χ2v) is 6.04. The highest BCUT2D eigenvalue weighted by molar-refractivity contribution is 5.62. The van der Waals surface area contributed by atoms with Crippen LogP contribution >= 0.6 is 0 Å². The highest BCUT2D eigenvalue weighted by atomic mass is 16.5. The van der Waals surface area contributed by atoms with Crippen molar-refractivity contribution < 1.29 is 4.74 Å². The van der Waals surface area contributed by atoms with Gasteiger partial charge in [0.05, 0.1) is 18.5 Å². The van der Waals surface area contributed by atoms with Crippen molar-refractivity contribution in [1.82, 2.24) is 14.9 Å². The molecule has 0 radical (unpaired) electrons. The molecule has 2 aromatic carbocycles. The van der Waals surface area contributed by atoms with Gasteiger partial charge in [0.2, 0.25) is 0 Å². The van der Waals surface area contributed by atoms with Crippen LogP contribution in [0, 0.1) is 0 Å². The van der Waals surface area contributed by atoms with Crippen molar-refractivity contribution in [3.8, 4) is 17.0 Å². The molecular weight excluding hydrogens is 298 g/mol. The first-order chi connectivity index (χ1) is 11.8. The number of aromatic nitrogens is 2. The zero-order valence-corrected chi connectivity index (χ0v) is 13.8. The van der Waals surface area contributed by atoms with Crippen LogP contribution in [0.3, 0.4) is 0 Å². The summed E-state index contributed by atoms with van der Waals surface area (Å²) in [5, 5.41) is 3.47. The zero-order valence-electron chi connectivity index (χ0n) is 13.8. The molecule has 0 spiro atoms. The molecule has 4 nitrogen and oxygen atoms in total. The van der Waals surface area contributed by atoms with Crippen molar-refractivity contribution in [2.24, 2.45) is 0 Å². The Kier molecular flexibility index (Phi) is 4.05. The minimum absolute atomic E-state index is 0.837. The number of nitrogens with one attached hydrogen (secondary N) is 1. The fourth-order valence-electron chi connectivity index (χ4n) is 3.27. The highest BCUT2D eigenvalue weighted by Crippen LogP contribution is 2.27. The van der Waals surface area contributed by atoms with E-state index in [0.29, 0.717) is 0 Å². The lowest BCUT2D eigenvalue weighted by Gasteiger charge is -2.18. The average Bonchev–Trinajstić information content (AvgIpc) is 3.02. The van der Waals surface area contributed by atoms with Crippen LogP contribution in [0.1, 0.15) is 17.1 Å². The van der Waals surface area contributed by atoms with Gasteiger partial charge in [0.25, 0.3) is 0 Å². The molecule has 24 heavy (non-hydrogen) atoms. The van der Waals surface area contributed by atoms with Gasteiger partial charge in [-0.25, -0.2) is 4.98 Å². The molecule has 0 saturated carbocycles. The fraction of sp³-hybridized carbons (Fsp3) is 0.250. The lowest BCUT2D eigenvalue weighted by molar-refractivity contribution is 0.414. The van der Waals surface area contributed by atoms with Crippen molar-refractivity contribution in [1.29, 1.82) is 0 Å². The first kappa shape index (κ1) is 15.0. The van der Waals surface area contributed by atoms with Crippen LogP contribution in [0.15, 0.2) is 54.6 Å². The number of benzene rings is 2. The van der Waals surface area contributed by atoms with E-state index in [9.17, 15) is 0 Å². The number of hydrogen-bond donors (Lipinski definition) is 1. The molecule has 1 N–H and O–H groups in total. The molecular formula is C20H21N3O. The highest BCUT2D eigenvalue weighted by Gasteiger charge is 2.20. The summed E-state index contributed by atoms with van der Waals surface area (Å²) < 4.78 is 7.62. The third-order valence-corrected chi connectivity index (χ3v) is 4.52. The van der Waals surface area contributed by atoms with Crippen molar-refractivity contribution in [2.75, 3.05) is 13.7 Å². The summed E-state index contributed by atoms with van der Waals surface area (Å²) in [6, 6.07) is 18.7. The molecule has 2 heterocycles. The molecule has 1 aliphatic heterocycles. The van der Waals surface area contributed by atoms with Gasteiger partial charge in [-0.1, -0.05) is 42.5 Å². The minimum atomic E-state index is 0.837. The third-order valence-electron chi connectivity index (χ3n) is 4.52.